The second-order valence-electron chi connectivity index (χ2n) is 4.15. The topological polar surface area (TPSA) is 19.7 Å². The van der Waals surface area contributed by atoms with E-state index in [9.17, 15) is 0 Å². The summed E-state index contributed by atoms with van der Waals surface area (Å²) >= 11 is 0. The van der Waals surface area contributed by atoms with Crippen molar-refractivity contribution in [2.45, 2.75) is 20.4 Å². The monoisotopic (exact) mass is 211 g/mol. The molecule has 3 aromatic rings. The number of aryl methyl sites for hydroxylation is 2. The Morgan fingerprint density at radius 2 is 1.94 bits per heavy atom. The van der Waals surface area contributed by atoms with Crippen molar-refractivity contribution in [3.05, 3.63) is 42.2 Å². The number of pyridine rings is 1. The van der Waals surface area contributed by atoms with Crippen molar-refractivity contribution < 1.29 is 4.57 Å². The van der Waals surface area contributed by atoms with E-state index in [2.05, 4.69) is 59.9 Å². The molecular formula is C14H15N2+. The van der Waals surface area contributed by atoms with Gasteiger partial charge in [0.15, 0.2) is 6.20 Å². The predicted molar refractivity (Wildman–Crippen MR) is 66.4 cm³/mol. The lowest BCUT2D eigenvalue weighted by Gasteiger charge is -1.97. The van der Waals surface area contributed by atoms with E-state index in [0.717, 1.165) is 6.54 Å². The maximum atomic E-state index is 3.50. The highest BCUT2D eigenvalue weighted by atomic mass is 15.0. The largest absolute Gasteiger partial charge is 0.349 e. The molecular weight excluding hydrogens is 196 g/mol. The zero-order valence-corrected chi connectivity index (χ0v) is 9.62. The summed E-state index contributed by atoms with van der Waals surface area (Å²) in [5.74, 6) is 0. The quantitative estimate of drug-likeness (QED) is 0.597. The summed E-state index contributed by atoms with van der Waals surface area (Å²) in [7, 11) is 0. The van der Waals surface area contributed by atoms with E-state index in [-0.39, 0.29) is 0 Å². The number of hydrogen-bond acceptors (Lipinski definition) is 0. The van der Waals surface area contributed by atoms with Gasteiger partial charge in [-0.05, 0) is 13.0 Å². The smallest absolute Gasteiger partial charge is 0.202 e. The molecule has 0 atom stereocenters. The fourth-order valence-corrected chi connectivity index (χ4v) is 2.38. The highest BCUT2D eigenvalue weighted by Crippen LogP contribution is 2.25. The fraction of sp³-hybridized carbons (Fsp3) is 0.214. The second-order valence-corrected chi connectivity index (χ2v) is 4.15. The molecule has 0 radical (unpaired) electrons. The molecule has 0 spiro atoms. The van der Waals surface area contributed by atoms with E-state index in [0.29, 0.717) is 0 Å². The summed E-state index contributed by atoms with van der Waals surface area (Å²) in [4.78, 5) is 3.50. The van der Waals surface area contributed by atoms with Crippen LogP contribution < -0.4 is 4.57 Å². The van der Waals surface area contributed by atoms with Crippen LogP contribution in [0.25, 0.3) is 21.8 Å². The van der Waals surface area contributed by atoms with E-state index in [1.807, 2.05) is 0 Å². The number of rotatable bonds is 1. The normalized spacial score (nSPS) is 11.4. The Labute approximate surface area is 94.5 Å². The molecule has 80 valence electrons. The van der Waals surface area contributed by atoms with Crippen molar-refractivity contribution in [2.75, 3.05) is 0 Å². The lowest BCUT2D eigenvalue weighted by atomic mass is 10.1. The molecule has 0 aliphatic rings. The lowest BCUT2D eigenvalue weighted by molar-refractivity contribution is -0.698. The first-order chi connectivity index (χ1) is 7.81. The predicted octanol–water partition coefficient (Wildman–Crippen LogP) is 2.94. The number of nitrogens with one attached hydrogen (secondary N) is 1. The van der Waals surface area contributed by atoms with Gasteiger partial charge in [-0.1, -0.05) is 18.2 Å². The van der Waals surface area contributed by atoms with Crippen molar-refractivity contribution in [3.63, 3.8) is 0 Å². The Kier molecular flexibility index (Phi) is 1.96. The first-order valence-corrected chi connectivity index (χ1v) is 5.70. The van der Waals surface area contributed by atoms with E-state index in [4.69, 9.17) is 0 Å². The molecule has 2 aromatic heterocycles. The maximum absolute atomic E-state index is 3.50. The van der Waals surface area contributed by atoms with Crippen LogP contribution in [0.4, 0.5) is 0 Å². The molecule has 0 bridgehead atoms. The van der Waals surface area contributed by atoms with Crippen LogP contribution in [0.5, 0.6) is 0 Å². The Hall–Kier alpha value is -1.83. The average Bonchev–Trinajstić information content (AvgIpc) is 2.69. The van der Waals surface area contributed by atoms with Crippen LogP contribution in [0.15, 0.2) is 36.5 Å². The second kappa shape index (κ2) is 3.34. The lowest BCUT2D eigenvalue weighted by Crippen LogP contribution is -2.35. The van der Waals surface area contributed by atoms with Crippen LogP contribution in [-0.2, 0) is 6.54 Å². The first kappa shape index (κ1) is 9.40. The zero-order chi connectivity index (χ0) is 11.1. The van der Waals surface area contributed by atoms with Gasteiger partial charge in [0.2, 0.25) is 5.69 Å². The minimum atomic E-state index is 1.01. The number of nitrogens with zero attached hydrogens (tertiary/aromatic N) is 1. The third-order valence-corrected chi connectivity index (χ3v) is 3.30. The highest BCUT2D eigenvalue weighted by molar-refractivity contribution is 6.07. The molecule has 2 heterocycles. The summed E-state index contributed by atoms with van der Waals surface area (Å²) in [6.45, 7) is 5.35. The number of aromatic amines is 1. The van der Waals surface area contributed by atoms with Gasteiger partial charge < -0.3 is 4.98 Å². The van der Waals surface area contributed by atoms with Crippen molar-refractivity contribution in [1.82, 2.24) is 4.98 Å². The van der Waals surface area contributed by atoms with E-state index >= 15 is 0 Å². The SMILES string of the molecule is CC[n+]1ccc2c([nH]c3ccccc32)c1C. The molecule has 1 N–H and O–H groups in total. The molecule has 0 aliphatic heterocycles. The van der Waals surface area contributed by atoms with Crippen molar-refractivity contribution in [1.29, 1.82) is 0 Å². The van der Waals surface area contributed by atoms with Crippen molar-refractivity contribution in [2.24, 2.45) is 0 Å². The average molecular weight is 211 g/mol. The van der Waals surface area contributed by atoms with Gasteiger partial charge in [0.05, 0.1) is 0 Å². The van der Waals surface area contributed by atoms with Gasteiger partial charge in [-0.2, -0.15) is 0 Å². The highest BCUT2D eigenvalue weighted by Gasteiger charge is 2.12. The van der Waals surface area contributed by atoms with Gasteiger partial charge in [-0.25, -0.2) is 4.57 Å². The Morgan fingerprint density at radius 3 is 2.75 bits per heavy atom. The van der Waals surface area contributed by atoms with E-state index in [1.165, 1.54) is 27.5 Å². The van der Waals surface area contributed by atoms with Crippen molar-refractivity contribution >= 4 is 21.8 Å². The molecule has 2 nitrogen and oxygen atoms in total. The molecule has 0 saturated heterocycles. The third kappa shape index (κ3) is 1.16. The summed E-state index contributed by atoms with van der Waals surface area (Å²) < 4.78 is 2.26. The number of benzene rings is 1. The molecule has 0 fully saturated rings. The summed E-state index contributed by atoms with van der Waals surface area (Å²) in [5, 5.41) is 2.63. The summed E-state index contributed by atoms with van der Waals surface area (Å²) in [6.07, 6.45) is 2.16. The molecule has 0 unspecified atom stereocenters. The number of H-pyrrole nitrogens is 1. The van der Waals surface area contributed by atoms with Crippen LogP contribution in [0.2, 0.25) is 0 Å². The summed E-state index contributed by atoms with van der Waals surface area (Å²) in [5.41, 5.74) is 3.77. The Bertz CT molecular complexity index is 665. The number of hydrogen-bond donors (Lipinski definition) is 1. The summed E-state index contributed by atoms with van der Waals surface area (Å²) in [6, 6.07) is 10.7. The minimum absolute atomic E-state index is 1.01. The molecule has 2 heteroatoms. The van der Waals surface area contributed by atoms with Gasteiger partial charge >= 0.3 is 0 Å². The molecule has 16 heavy (non-hydrogen) atoms. The van der Waals surface area contributed by atoms with Crippen LogP contribution >= 0.6 is 0 Å². The first-order valence-electron chi connectivity index (χ1n) is 5.70. The van der Waals surface area contributed by atoms with Crippen LogP contribution in [0, 0.1) is 6.92 Å². The third-order valence-electron chi connectivity index (χ3n) is 3.30. The van der Waals surface area contributed by atoms with Gasteiger partial charge in [-0.15, -0.1) is 0 Å². The maximum Gasteiger partial charge on any atom is 0.202 e. The fourth-order valence-electron chi connectivity index (χ4n) is 2.38. The number of para-hydroxylation sites is 1. The van der Waals surface area contributed by atoms with Crippen LogP contribution in [-0.4, -0.2) is 4.98 Å². The van der Waals surface area contributed by atoms with Gasteiger partial charge in [0.25, 0.3) is 0 Å². The van der Waals surface area contributed by atoms with Gasteiger partial charge in [-0.3, -0.25) is 0 Å². The van der Waals surface area contributed by atoms with Crippen LogP contribution in [0.3, 0.4) is 0 Å². The molecule has 0 saturated carbocycles. The molecule has 0 amide bonds. The standard InChI is InChI=1S/C14H14N2/c1-3-16-9-8-12-11-6-4-5-7-13(11)15-14(12)10(16)2/h4-9H,3H2,1-2H3/p+1. The van der Waals surface area contributed by atoms with Gasteiger partial charge in [0.1, 0.15) is 12.1 Å². The minimum Gasteiger partial charge on any atom is -0.349 e. The zero-order valence-electron chi connectivity index (χ0n) is 9.62. The molecule has 3 rings (SSSR count). The number of fused-ring (bicyclic) bond motifs is 3. The Morgan fingerprint density at radius 1 is 1.12 bits per heavy atom. The van der Waals surface area contributed by atoms with E-state index in [1.54, 1.807) is 0 Å². The van der Waals surface area contributed by atoms with E-state index < -0.39 is 0 Å². The van der Waals surface area contributed by atoms with Crippen molar-refractivity contribution in [3.8, 4) is 0 Å². The molecule has 0 aliphatic carbocycles. The Balaban J connectivity index is 2.49. The van der Waals surface area contributed by atoms with Gasteiger partial charge in [0, 0.05) is 29.3 Å². The van der Waals surface area contributed by atoms with Crippen LogP contribution in [0.1, 0.15) is 12.6 Å². The number of aromatic nitrogens is 2. The molecule has 1 aromatic carbocycles.